The fraction of sp³-hybridized carbons (Fsp3) is 0.400. The first-order chi connectivity index (χ1) is 12.8. The standard InChI is InChI=1S/C20H26N4O2/c1-26-19-5-3-2-4-18(19)8-11-23-12-14-24(15-13-23)20(25)22-16-17-6-9-21-10-7-17/h2-7,9-10H,8,11-16H2,1H3,(H,22,25). The zero-order valence-corrected chi connectivity index (χ0v) is 15.2. The summed E-state index contributed by atoms with van der Waals surface area (Å²) in [5.74, 6) is 0.946. The Morgan fingerprint density at radius 3 is 2.58 bits per heavy atom. The number of nitrogens with one attached hydrogen (secondary N) is 1. The van der Waals surface area contributed by atoms with Gasteiger partial charge in [-0.2, -0.15) is 0 Å². The van der Waals surface area contributed by atoms with E-state index in [1.165, 1.54) is 5.56 Å². The van der Waals surface area contributed by atoms with E-state index in [1.54, 1.807) is 19.5 Å². The molecule has 1 fully saturated rings. The monoisotopic (exact) mass is 354 g/mol. The van der Waals surface area contributed by atoms with Crippen LogP contribution in [-0.4, -0.2) is 60.6 Å². The summed E-state index contributed by atoms with van der Waals surface area (Å²) in [4.78, 5) is 20.6. The summed E-state index contributed by atoms with van der Waals surface area (Å²) in [5.41, 5.74) is 2.29. The van der Waals surface area contributed by atoms with Crippen LogP contribution >= 0.6 is 0 Å². The Balaban J connectivity index is 1.40. The van der Waals surface area contributed by atoms with E-state index >= 15 is 0 Å². The first-order valence-electron chi connectivity index (χ1n) is 9.02. The van der Waals surface area contributed by atoms with Crippen LogP contribution in [0.15, 0.2) is 48.8 Å². The van der Waals surface area contributed by atoms with Crippen molar-refractivity contribution < 1.29 is 9.53 Å². The summed E-state index contributed by atoms with van der Waals surface area (Å²) in [7, 11) is 1.71. The van der Waals surface area contributed by atoms with E-state index in [-0.39, 0.29) is 6.03 Å². The van der Waals surface area contributed by atoms with Crippen molar-refractivity contribution in [3.63, 3.8) is 0 Å². The number of amides is 2. The molecular formula is C20H26N4O2. The lowest BCUT2D eigenvalue weighted by Crippen LogP contribution is -2.51. The molecular weight excluding hydrogens is 328 g/mol. The van der Waals surface area contributed by atoms with Crippen LogP contribution in [0.2, 0.25) is 0 Å². The fourth-order valence-electron chi connectivity index (χ4n) is 3.15. The largest absolute Gasteiger partial charge is 0.496 e. The number of hydrogen-bond donors (Lipinski definition) is 1. The van der Waals surface area contributed by atoms with Crippen LogP contribution < -0.4 is 10.1 Å². The maximum absolute atomic E-state index is 12.3. The number of nitrogens with zero attached hydrogens (tertiary/aromatic N) is 3. The summed E-state index contributed by atoms with van der Waals surface area (Å²) < 4.78 is 5.41. The smallest absolute Gasteiger partial charge is 0.317 e. The molecule has 0 spiro atoms. The van der Waals surface area contributed by atoms with Crippen LogP contribution in [0, 0.1) is 0 Å². The average Bonchev–Trinajstić information content (AvgIpc) is 2.72. The second kappa shape index (κ2) is 9.20. The molecule has 1 saturated heterocycles. The van der Waals surface area contributed by atoms with Gasteiger partial charge in [0.2, 0.25) is 0 Å². The lowest BCUT2D eigenvalue weighted by atomic mass is 10.1. The number of rotatable bonds is 6. The number of carbonyl (C=O) groups is 1. The summed E-state index contributed by atoms with van der Waals surface area (Å²) >= 11 is 0. The van der Waals surface area contributed by atoms with Crippen LogP contribution in [-0.2, 0) is 13.0 Å². The average molecular weight is 354 g/mol. The Labute approximate surface area is 154 Å². The van der Waals surface area contributed by atoms with E-state index in [0.29, 0.717) is 6.54 Å². The molecule has 6 heteroatoms. The first kappa shape index (κ1) is 18.2. The van der Waals surface area contributed by atoms with Crippen molar-refractivity contribution in [2.45, 2.75) is 13.0 Å². The molecule has 1 N–H and O–H groups in total. The van der Waals surface area contributed by atoms with Crippen LogP contribution in [0.1, 0.15) is 11.1 Å². The summed E-state index contributed by atoms with van der Waals surface area (Å²) in [6.45, 7) is 4.83. The van der Waals surface area contributed by atoms with E-state index in [1.807, 2.05) is 35.2 Å². The highest BCUT2D eigenvalue weighted by Gasteiger charge is 2.20. The molecule has 0 radical (unpaired) electrons. The summed E-state index contributed by atoms with van der Waals surface area (Å²) in [5, 5.41) is 2.98. The van der Waals surface area contributed by atoms with Crippen molar-refractivity contribution in [1.82, 2.24) is 20.1 Å². The van der Waals surface area contributed by atoms with Gasteiger partial charge in [0, 0.05) is 51.7 Å². The molecule has 1 aliphatic heterocycles. The fourth-order valence-corrected chi connectivity index (χ4v) is 3.15. The second-order valence-corrected chi connectivity index (χ2v) is 6.40. The van der Waals surface area contributed by atoms with Gasteiger partial charge in [0.15, 0.2) is 0 Å². The number of carbonyl (C=O) groups excluding carboxylic acids is 1. The highest BCUT2D eigenvalue weighted by molar-refractivity contribution is 5.74. The predicted octanol–water partition coefficient (Wildman–Crippen LogP) is 2.16. The van der Waals surface area contributed by atoms with Gasteiger partial charge < -0.3 is 15.0 Å². The van der Waals surface area contributed by atoms with E-state index in [4.69, 9.17) is 4.74 Å². The van der Waals surface area contributed by atoms with Crippen LogP contribution in [0.25, 0.3) is 0 Å². The number of urea groups is 1. The number of aromatic nitrogens is 1. The molecule has 1 aromatic carbocycles. The lowest BCUT2D eigenvalue weighted by Gasteiger charge is -2.34. The molecule has 0 aliphatic carbocycles. The van der Waals surface area contributed by atoms with Crippen molar-refractivity contribution >= 4 is 6.03 Å². The molecule has 2 amide bonds. The Hall–Kier alpha value is -2.60. The molecule has 2 heterocycles. The number of benzene rings is 1. The van der Waals surface area contributed by atoms with Crippen molar-refractivity contribution in [1.29, 1.82) is 0 Å². The normalized spacial score (nSPS) is 14.9. The number of methoxy groups -OCH3 is 1. The zero-order valence-electron chi connectivity index (χ0n) is 15.2. The Morgan fingerprint density at radius 2 is 1.85 bits per heavy atom. The van der Waals surface area contributed by atoms with Crippen LogP contribution in [0.4, 0.5) is 4.79 Å². The molecule has 138 valence electrons. The van der Waals surface area contributed by atoms with E-state index < -0.39 is 0 Å². The van der Waals surface area contributed by atoms with Crippen molar-refractivity contribution in [3.05, 3.63) is 59.9 Å². The number of pyridine rings is 1. The van der Waals surface area contributed by atoms with Gasteiger partial charge in [-0.1, -0.05) is 18.2 Å². The highest BCUT2D eigenvalue weighted by Crippen LogP contribution is 2.18. The molecule has 1 aliphatic rings. The Morgan fingerprint density at radius 1 is 1.12 bits per heavy atom. The third-order valence-electron chi connectivity index (χ3n) is 4.74. The third kappa shape index (κ3) is 4.95. The SMILES string of the molecule is COc1ccccc1CCN1CCN(C(=O)NCc2ccncc2)CC1. The summed E-state index contributed by atoms with van der Waals surface area (Å²) in [6, 6.07) is 12.0. The second-order valence-electron chi connectivity index (χ2n) is 6.40. The van der Waals surface area contributed by atoms with Gasteiger partial charge in [0.1, 0.15) is 5.75 Å². The molecule has 2 aromatic rings. The Bertz CT molecular complexity index is 700. The van der Waals surface area contributed by atoms with Crippen molar-refractivity contribution in [2.24, 2.45) is 0 Å². The quantitative estimate of drug-likeness (QED) is 0.864. The van der Waals surface area contributed by atoms with Gasteiger partial charge >= 0.3 is 6.03 Å². The van der Waals surface area contributed by atoms with Gasteiger partial charge in [0.25, 0.3) is 0 Å². The minimum absolute atomic E-state index is 0.00573. The van der Waals surface area contributed by atoms with Gasteiger partial charge in [-0.25, -0.2) is 4.79 Å². The topological polar surface area (TPSA) is 57.7 Å². The van der Waals surface area contributed by atoms with E-state index in [9.17, 15) is 4.79 Å². The molecule has 3 rings (SSSR count). The maximum atomic E-state index is 12.3. The lowest BCUT2D eigenvalue weighted by molar-refractivity contribution is 0.139. The van der Waals surface area contributed by atoms with Crippen molar-refractivity contribution in [2.75, 3.05) is 39.8 Å². The minimum Gasteiger partial charge on any atom is -0.496 e. The van der Waals surface area contributed by atoms with Crippen LogP contribution in [0.5, 0.6) is 5.75 Å². The molecule has 0 unspecified atom stereocenters. The molecule has 6 nitrogen and oxygen atoms in total. The van der Waals surface area contributed by atoms with Gasteiger partial charge in [0.05, 0.1) is 7.11 Å². The number of hydrogen-bond acceptors (Lipinski definition) is 4. The minimum atomic E-state index is 0.00573. The van der Waals surface area contributed by atoms with E-state index in [0.717, 1.165) is 50.5 Å². The van der Waals surface area contributed by atoms with Crippen LogP contribution in [0.3, 0.4) is 0 Å². The van der Waals surface area contributed by atoms with Crippen molar-refractivity contribution in [3.8, 4) is 5.75 Å². The molecule has 0 bridgehead atoms. The maximum Gasteiger partial charge on any atom is 0.317 e. The number of para-hydroxylation sites is 1. The zero-order chi connectivity index (χ0) is 18.2. The number of piperazine rings is 1. The van der Waals surface area contributed by atoms with Gasteiger partial charge in [-0.15, -0.1) is 0 Å². The number of ether oxygens (including phenoxy) is 1. The third-order valence-corrected chi connectivity index (χ3v) is 4.74. The summed E-state index contributed by atoms with van der Waals surface area (Å²) in [6.07, 6.45) is 4.43. The molecule has 0 saturated carbocycles. The van der Waals surface area contributed by atoms with E-state index in [2.05, 4.69) is 21.3 Å². The Kier molecular flexibility index (Phi) is 6.44. The molecule has 0 atom stereocenters. The molecule has 1 aromatic heterocycles. The molecule has 26 heavy (non-hydrogen) atoms. The highest BCUT2D eigenvalue weighted by atomic mass is 16.5. The first-order valence-corrected chi connectivity index (χ1v) is 9.02. The van der Waals surface area contributed by atoms with Gasteiger partial charge in [-0.05, 0) is 35.7 Å². The predicted molar refractivity (Wildman–Crippen MR) is 101 cm³/mol. The van der Waals surface area contributed by atoms with Gasteiger partial charge in [-0.3, -0.25) is 9.88 Å².